The number of carbonyl (C=O) groups excluding carboxylic acids is 2. The summed E-state index contributed by atoms with van der Waals surface area (Å²) >= 11 is 0. The summed E-state index contributed by atoms with van der Waals surface area (Å²) in [5.41, 5.74) is 1.30. The van der Waals surface area contributed by atoms with Crippen molar-refractivity contribution < 1.29 is 23.8 Å². The van der Waals surface area contributed by atoms with Gasteiger partial charge in [0.2, 0.25) is 11.8 Å². The molecule has 0 bridgehead atoms. The molecule has 2 aromatic carbocycles. The lowest BCUT2D eigenvalue weighted by Gasteiger charge is -2.21. The van der Waals surface area contributed by atoms with E-state index in [-0.39, 0.29) is 24.8 Å². The van der Waals surface area contributed by atoms with Gasteiger partial charge in [-0.2, -0.15) is 0 Å². The molecule has 27 heavy (non-hydrogen) atoms. The first-order valence-electron chi connectivity index (χ1n) is 8.42. The van der Waals surface area contributed by atoms with Crippen molar-refractivity contribution in [1.82, 2.24) is 0 Å². The Kier molecular flexibility index (Phi) is 7.05. The van der Waals surface area contributed by atoms with Crippen molar-refractivity contribution >= 4 is 23.2 Å². The standard InChI is InChI=1S/C20H24N2O5/c1-14(23)22(16-6-8-17(25-2)9-7-16)12-11-20(24)21-15-5-10-18(26-3)19(13-15)27-4/h5-10,13H,11-12H2,1-4H3,(H,21,24). The molecule has 7 heteroatoms. The molecule has 0 spiro atoms. The Labute approximate surface area is 158 Å². The predicted octanol–water partition coefficient (Wildman–Crippen LogP) is 3.09. The Morgan fingerprint density at radius 1 is 0.926 bits per heavy atom. The molecule has 0 aliphatic carbocycles. The number of hydrogen-bond acceptors (Lipinski definition) is 5. The third-order valence-corrected chi connectivity index (χ3v) is 3.99. The summed E-state index contributed by atoms with van der Waals surface area (Å²) in [6.45, 7) is 1.73. The molecule has 144 valence electrons. The minimum absolute atomic E-state index is 0.140. The molecule has 2 amide bonds. The topological polar surface area (TPSA) is 77.1 Å². The first-order valence-corrected chi connectivity index (χ1v) is 8.42. The third-order valence-electron chi connectivity index (χ3n) is 3.99. The largest absolute Gasteiger partial charge is 0.497 e. The second-order valence-electron chi connectivity index (χ2n) is 5.74. The number of rotatable bonds is 8. The summed E-state index contributed by atoms with van der Waals surface area (Å²) in [4.78, 5) is 25.8. The highest BCUT2D eigenvalue weighted by Gasteiger charge is 2.14. The number of benzene rings is 2. The molecule has 7 nitrogen and oxygen atoms in total. The summed E-state index contributed by atoms with van der Waals surface area (Å²) in [5.74, 6) is 1.46. The summed E-state index contributed by atoms with van der Waals surface area (Å²) in [6.07, 6.45) is 0.153. The smallest absolute Gasteiger partial charge is 0.226 e. The van der Waals surface area contributed by atoms with Gasteiger partial charge >= 0.3 is 0 Å². The van der Waals surface area contributed by atoms with Gasteiger partial charge in [0.15, 0.2) is 11.5 Å². The van der Waals surface area contributed by atoms with E-state index in [1.54, 1.807) is 61.6 Å². The van der Waals surface area contributed by atoms with Crippen LogP contribution in [-0.2, 0) is 9.59 Å². The van der Waals surface area contributed by atoms with Crippen molar-refractivity contribution in [2.45, 2.75) is 13.3 Å². The van der Waals surface area contributed by atoms with Gasteiger partial charge < -0.3 is 24.4 Å². The van der Waals surface area contributed by atoms with E-state index in [0.29, 0.717) is 28.6 Å². The number of ether oxygens (including phenoxy) is 3. The van der Waals surface area contributed by atoms with Crippen LogP contribution in [0.2, 0.25) is 0 Å². The van der Waals surface area contributed by atoms with E-state index in [9.17, 15) is 9.59 Å². The molecule has 0 fully saturated rings. The van der Waals surface area contributed by atoms with Crippen molar-refractivity contribution in [2.24, 2.45) is 0 Å². The van der Waals surface area contributed by atoms with Crippen LogP contribution >= 0.6 is 0 Å². The normalized spacial score (nSPS) is 10.1. The maximum absolute atomic E-state index is 12.3. The molecular formula is C20H24N2O5. The fourth-order valence-electron chi connectivity index (χ4n) is 2.58. The molecule has 0 aromatic heterocycles. The van der Waals surface area contributed by atoms with E-state index in [4.69, 9.17) is 14.2 Å². The van der Waals surface area contributed by atoms with Gasteiger partial charge in [0.1, 0.15) is 5.75 Å². The second kappa shape index (κ2) is 9.47. The van der Waals surface area contributed by atoms with Crippen molar-refractivity contribution in [2.75, 3.05) is 38.1 Å². The van der Waals surface area contributed by atoms with Crippen molar-refractivity contribution in [3.8, 4) is 17.2 Å². The summed E-state index contributed by atoms with van der Waals surface area (Å²) < 4.78 is 15.5. The van der Waals surface area contributed by atoms with Crippen molar-refractivity contribution in [3.63, 3.8) is 0 Å². The van der Waals surface area contributed by atoms with E-state index in [1.807, 2.05) is 0 Å². The monoisotopic (exact) mass is 372 g/mol. The molecule has 0 saturated carbocycles. The first-order chi connectivity index (χ1) is 13.0. The van der Waals surface area contributed by atoms with Crippen LogP contribution in [-0.4, -0.2) is 39.7 Å². The molecule has 1 N–H and O–H groups in total. The maximum Gasteiger partial charge on any atom is 0.226 e. The highest BCUT2D eigenvalue weighted by molar-refractivity contribution is 5.95. The van der Waals surface area contributed by atoms with E-state index in [0.717, 1.165) is 0 Å². The molecule has 0 aliphatic rings. The van der Waals surface area contributed by atoms with Crippen LogP contribution in [0.5, 0.6) is 17.2 Å². The number of carbonyl (C=O) groups is 2. The van der Waals surface area contributed by atoms with Crippen LogP contribution < -0.4 is 24.4 Å². The highest BCUT2D eigenvalue weighted by Crippen LogP contribution is 2.29. The van der Waals surface area contributed by atoms with Crippen LogP contribution in [0.1, 0.15) is 13.3 Å². The fourth-order valence-corrected chi connectivity index (χ4v) is 2.58. The molecular weight excluding hydrogens is 348 g/mol. The number of nitrogens with one attached hydrogen (secondary N) is 1. The number of anilines is 2. The van der Waals surface area contributed by atoms with Crippen molar-refractivity contribution in [3.05, 3.63) is 42.5 Å². The molecule has 2 aromatic rings. The number of methoxy groups -OCH3 is 3. The average Bonchev–Trinajstić information content (AvgIpc) is 2.68. The average molecular weight is 372 g/mol. The fraction of sp³-hybridized carbons (Fsp3) is 0.300. The Hall–Kier alpha value is -3.22. The Bertz CT molecular complexity index is 789. The van der Waals surface area contributed by atoms with Crippen LogP contribution in [0.15, 0.2) is 42.5 Å². The SMILES string of the molecule is COc1ccc(N(CCC(=O)Nc2ccc(OC)c(OC)c2)C(C)=O)cc1. The summed E-state index contributed by atoms with van der Waals surface area (Å²) in [6, 6.07) is 12.2. The molecule has 0 unspecified atom stereocenters. The Morgan fingerprint density at radius 3 is 2.15 bits per heavy atom. The third kappa shape index (κ3) is 5.37. The lowest BCUT2D eigenvalue weighted by atomic mass is 10.2. The highest BCUT2D eigenvalue weighted by atomic mass is 16.5. The van der Waals surface area contributed by atoms with Gasteiger partial charge in [-0.1, -0.05) is 0 Å². The zero-order chi connectivity index (χ0) is 19.8. The van der Waals surface area contributed by atoms with Gasteiger partial charge in [-0.3, -0.25) is 9.59 Å². The van der Waals surface area contributed by atoms with E-state index >= 15 is 0 Å². The van der Waals surface area contributed by atoms with Gasteiger partial charge in [0.25, 0.3) is 0 Å². The minimum Gasteiger partial charge on any atom is -0.497 e. The maximum atomic E-state index is 12.3. The van der Waals surface area contributed by atoms with Crippen molar-refractivity contribution in [1.29, 1.82) is 0 Å². The zero-order valence-corrected chi connectivity index (χ0v) is 15.9. The minimum atomic E-state index is -0.206. The number of nitrogens with zero attached hydrogens (tertiary/aromatic N) is 1. The molecule has 0 saturated heterocycles. The first kappa shape index (κ1) is 20.1. The number of hydrogen-bond donors (Lipinski definition) is 1. The van der Waals surface area contributed by atoms with Crippen LogP contribution in [0, 0.1) is 0 Å². The van der Waals surface area contributed by atoms with Crippen LogP contribution in [0.4, 0.5) is 11.4 Å². The van der Waals surface area contributed by atoms with E-state index in [2.05, 4.69) is 5.32 Å². The quantitative estimate of drug-likeness (QED) is 0.770. The lowest BCUT2D eigenvalue weighted by Crippen LogP contribution is -2.31. The van der Waals surface area contributed by atoms with Gasteiger partial charge in [-0.05, 0) is 36.4 Å². The van der Waals surface area contributed by atoms with Gasteiger partial charge in [-0.25, -0.2) is 0 Å². The van der Waals surface area contributed by atoms with E-state index in [1.165, 1.54) is 14.0 Å². The summed E-state index contributed by atoms with van der Waals surface area (Å²) in [5, 5.41) is 2.80. The lowest BCUT2D eigenvalue weighted by molar-refractivity contribution is -0.117. The molecule has 0 atom stereocenters. The Balaban J connectivity index is 2.00. The van der Waals surface area contributed by atoms with Gasteiger partial charge in [0, 0.05) is 37.3 Å². The van der Waals surface area contributed by atoms with Crippen LogP contribution in [0.3, 0.4) is 0 Å². The molecule has 2 rings (SSSR count). The molecule has 0 aliphatic heterocycles. The second-order valence-corrected chi connectivity index (χ2v) is 5.74. The van der Waals surface area contributed by atoms with E-state index < -0.39 is 0 Å². The molecule has 0 radical (unpaired) electrons. The number of amides is 2. The van der Waals surface area contributed by atoms with Gasteiger partial charge in [0.05, 0.1) is 21.3 Å². The predicted molar refractivity (Wildman–Crippen MR) is 104 cm³/mol. The Morgan fingerprint density at radius 2 is 1.59 bits per heavy atom. The van der Waals surface area contributed by atoms with Crippen LogP contribution in [0.25, 0.3) is 0 Å². The zero-order valence-electron chi connectivity index (χ0n) is 15.9. The van der Waals surface area contributed by atoms with Gasteiger partial charge in [-0.15, -0.1) is 0 Å². The molecule has 0 heterocycles. The summed E-state index contributed by atoms with van der Waals surface area (Å²) in [7, 11) is 4.66.